The molecule has 0 atom stereocenters. The first kappa shape index (κ1) is 18.1. The predicted molar refractivity (Wildman–Crippen MR) is 102 cm³/mol. The molecule has 0 amide bonds. The second-order valence-corrected chi connectivity index (χ2v) is 7.09. The highest BCUT2D eigenvalue weighted by Gasteiger charge is 2.23. The van der Waals surface area contributed by atoms with Gasteiger partial charge in [0.05, 0.1) is 17.2 Å². The Balaban J connectivity index is 1.85. The summed E-state index contributed by atoms with van der Waals surface area (Å²) >= 11 is 6.35. The summed E-state index contributed by atoms with van der Waals surface area (Å²) in [5.74, 6) is 1.28. The van der Waals surface area contributed by atoms with Gasteiger partial charge in [-0.3, -0.25) is 4.57 Å². The highest BCUT2D eigenvalue weighted by molar-refractivity contribution is 7.73. The zero-order chi connectivity index (χ0) is 18.7. The number of nitrogens with zero attached hydrogens (tertiary/aromatic N) is 4. The number of allylic oxidation sites excluding steroid dienone is 4. The lowest BCUT2D eigenvalue weighted by molar-refractivity contribution is 0.217. The number of hydrogen-bond donors (Lipinski definition) is 1. The van der Waals surface area contributed by atoms with E-state index >= 15 is 0 Å². The first-order chi connectivity index (χ1) is 12.5. The first-order valence-corrected chi connectivity index (χ1v) is 9.13. The summed E-state index contributed by atoms with van der Waals surface area (Å²) < 4.78 is 13.1. The minimum absolute atomic E-state index is 0.0266. The van der Waals surface area contributed by atoms with Gasteiger partial charge in [-0.05, 0) is 37.7 Å². The summed E-state index contributed by atoms with van der Waals surface area (Å²) in [6.45, 7) is 2.57. The Hall–Kier alpha value is -2.70. The molecule has 0 saturated heterocycles. The van der Waals surface area contributed by atoms with E-state index in [0.717, 1.165) is 17.9 Å². The fourth-order valence-electron chi connectivity index (χ4n) is 2.34. The molecule has 0 bridgehead atoms. The van der Waals surface area contributed by atoms with Crippen LogP contribution in [0.25, 0.3) is 6.08 Å². The van der Waals surface area contributed by atoms with E-state index in [2.05, 4.69) is 9.98 Å². The molecule has 1 N–H and O–H groups in total. The Morgan fingerprint density at radius 2 is 2.35 bits per heavy atom. The topological polar surface area (TPSA) is 92.1 Å². The van der Waals surface area contributed by atoms with Gasteiger partial charge in [-0.15, -0.1) is 11.3 Å². The van der Waals surface area contributed by atoms with Crippen LogP contribution in [0, 0.1) is 15.3 Å². The molecule has 1 aromatic rings. The lowest BCUT2D eigenvalue weighted by Gasteiger charge is -2.12. The van der Waals surface area contributed by atoms with Crippen molar-refractivity contribution in [2.45, 2.75) is 19.8 Å². The average Bonchev–Trinajstić information content (AvgIpc) is 3.13. The number of nitriles is 1. The molecule has 3 rings (SSSR count). The van der Waals surface area contributed by atoms with Crippen LogP contribution >= 0.6 is 23.6 Å². The molecule has 1 aliphatic carbocycles. The van der Waals surface area contributed by atoms with Gasteiger partial charge in [0.15, 0.2) is 3.95 Å². The van der Waals surface area contributed by atoms with Crippen LogP contribution in [0.2, 0.25) is 0 Å². The molecule has 0 unspecified atom stereocenters. The smallest absolute Gasteiger partial charge is 0.258 e. The van der Waals surface area contributed by atoms with E-state index < -0.39 is 0 Å². The first-order valence-electron chi connectivity index (χ1n) is 7.90. The fraction of sp³-hybridized carbons (Fsp3) is 0.294. The van der Waals surface area contributed by atoms with Gasteiger partial charge in [0.1, 0.15) is 6.07 Å². The third kappa shape index (κ3) is 3.76. The second kappa shape index (κ2) is 7.68. The van der Waals surface area contributed by atoms with Crippen LogP contribution in [0.5, 0.6) is 5.88 Å². The number of aromatic nitrogens is 1. The molecule has 1 aromatic heterocycles. The molecule has 2 heterocycles. The summed E-state index contributed by atoms with van der Waals surface area (Å²) in [5, 5.41) is 19.3. The molecule has 0 aromatic carbocycles. The van der Waals surface area contributed by atoms with Crippen molar-refractivity contribution in [1.82, 2.24) is 4.57 Å². The van der Waals surface area contributed by atoms with Crippen molar-refractivity contribution in [2.75, 3.05) is 6.61 Å². The predicted octanol–water partition coefficient (Wildman–Crippen LogP) is 3.81. The molecule has 9 heteroatoms. The van der Waals surface area contributed by atoms with Gasteiger partial charge in [-0.1, -0.05) is 0 Å². The Bertz CT molecular complexity index is 987. The van der Waals surface area contributed by atoms with Crippen molar-refractivity contribution in [3.63, 3.8) is 0 Å². The number of hydrogen-bond acceptors (Lipinski definition) is 8. The van der Waals surface area contributed by atoms with E-state index in [9.17, 15) is 10.4 Å². The minimum Gasteiger partial charge on any atom is -0.498 e. The largest absolute Gasteiger partial charge is 0.498 e. The zero-order valence-electron chi connectivity index (χ0n) is 14.2. The quantitative estimate of drug-likeness (QED) is 0.792. The van der Waals surface area contributed by atoms with Crippen molar-refractivity contribution in [3.8, 4) is 11.9 Å². The molecule has 0 fully saturated rings. The fourth-order valence-corrected chi connectivity index (χ4v) is 3.50. The monoisotopic (exact) mass is 388 g/mol. The van der Waals surface area contributed by atoms with E-state index in [-0.39, 0.29) is 23.4 Å². The van der Waals surface area contributed by atoms with Gasteiger partial charge >= 0.3 is 0 Å². The molecule has 7 nitrogen and oxygen atoms in total. The van der Waals surface area contributed by atoms with Crippen LogP contribution in [0.1, 0.15) is 24.6 Å². The molecule has 134 valence electrons. The number of aliphatic imine (C=N–C) groups is 2. The van der Waals surface area contributed by atoms with Gasteiger partial charge in [-0.25, -0.2) is 4.99 Å². The summed E-state index contributed by atoms with van der Waals surface area (Å²) in [4.78, 5) is 9.03. The maximum atomic E-state index is 10.0. The number of thiazole rings is 1. The lowest BCUT2D eigenvalue weighted by atomic mass is 10.1. The van der Waals surface area contributed by atoms with Crippen molar-refractivity contribution < 1.29 is 14.6 Å². The van der Waals surface area contributed by atoms with E-state index in [0.29, 0.717) is 21.9 Å². The molecule has 1 aliphatic heterocycles. The van der Waals surface area contributed by atoms with Crippen molar-refractivity contribution in [1.29, 1.82) is 5.26 Å². The average molecular weight is 388 g/mol. The highest BCUT2D eigenvalue weighted by Crippen LogP contribution is 2.29. The normalized spacial score (nSPS) is 19.7. The van der Waals surface area contributed by atoms with Gasteiger partial charge < -0.3 is 14.6 Å². The molecule has 0 saturated carbocycles. The molecular formula is C17H16N4O3S2. The van der Waals surface area contributed by atoms with Gasteiger partial charge in [0.25, 0.3) is 5.90 Å². The van der Waals surface area contributed by atoms with Crippen LogP contribution in [0.4, 0.5) is 0 Å². The van der Waals surface area contributed by atoms with Crippen LogP contribution in [-0.2, 0) is 16.5 Å². The van der Waals surface area contributed by atoms with Gasteiger partial charge in [0, 0.05) is 25.2 Å². The van der Waals surface area contributed by atoms with Crippen molar-refractivity contribution in [3.05, 3.63) is 38.3 Å². The van der Waals surface area contributed by atoms with E-state index in [4.69, 9.17) is 21.7 Å². The summed E-state index contributed by atoms with van der Waals surface area (Å²) in [7, 11) is 1.67. The third-order valence-electron chi connectivity index (χ3n) is 3.66. The molecule has 2 aliphatic rings. The molecule has 0 radical (unpaired) electrons. The zero-order valence-corrected chi connectivity index (χ0v) is 15.9. The number of aromatic hydroxyl groups is 1. The summed E-state index contributed by atoms with van der Waals surface area (Å²) in [6, 6.07) is 1.98. The third-order valence-corrected chi connectivity index (χ3v) is 5.15. The molecule has 26 heavy (non-hydrogen) atoms. The maximum absolute atomic E-state index is 10.0. The highest BCUT2D eigenvalue weighted by atomic mass is 32.1. The summed E-state index contributed by atoms with van der Waals surface area (Å²) in [5.41, 5.74) is 0.877. The maximum Gasteiger partial charge on any atom is 0.258 e. The number of ether oxygens (including phenoxy) is 2. The van der Waals surface area contributed by atoms with E-state index in [1.54, 1.807) is 7.05 Å². The Morgan fingerprint density at radius 1 is 1.54 bits per heavy atom. The number of rotatable bonds is 4. The van der Waals surface area contributed by atoms with Crippen LogP contribution in [0.3, 0.4) is 0 Å². The summed E-state index contributed by atoms with van der Waals surface area (Å²) in [6.07, 6.45) is 6.70. The second-order valence-electron chi connectivity index (χ2n) is 5.41. The van der Waals surface area contributed by atoms with Crippen LogP contribution in [0.15, 0.2) is 39.5 Å². The van der Waals surface area contributed by atoms with Crippen LogP contribution in [-0.4, -0.2) is 27.9 Å². The van der Waals surface area contributed by atoms with Gasteiger partial charge in [0.2, 0.25) is 17.5 Å². The Kier molecular flexibility index (Phi) is 5.35. The lowest BCUT2D eigenvalue weighted by Crippen LogP contribution is -2.09. The Morgan fingerprint density at radius 3 is 2.92 bits per heavy atom. The van der Waals surface area contributed by atoms with E-state index in [1.807, 2.05) is 25.1 Å². The molecule has 0 spiro atoms. The Labute approximate surface area is 159 Å². The standard InChI is InChI=1S/C17H16N4O3S2/c1-3-23-11-6-4-10(5-7-11)19-15-12(9-18)20-14(24-15)8-13-16(22)21(2)17(25)26-13/h4,6,8,22H,3,5,7H2,1-2H3. The minimum atomic E-state index is 0.0266. The SMILES string of the molecule is CCOC1=CC=C(N=C2OC(=Cc3sc(=S)n(C)c3O)N=C2C#N)CC1. The van der Waals surface area contributed by atoms with Gasteiger partial charge in [-0.2, -0.15) is 10.3 Å². The van der Waals surface area contributed by atoms with Crippen molar-refractivity contribution >= 4 is 41.2 Å². The van der Waals surface area contributed by atoms with Crippen molar-refractivity contribution in [2.24, 2.45) is 17.0 Å². The van der Waals surface area contributed by atoms with Crippen LogP contribution < -0.4 is 0 Å². The van der Waals surface area contributed by atoms with E-state index in [1.165, 1.54) is 22.0 Å². The molecular weight excluding hydrogens is 372 g/mol.